The Morgan fingerprint density at radius 2 is 0.902 bits per heavy atom. The van der Waals surface area contributed by atoms with Gasteiger partial charge in [0.1, 0.15) is 91.5 Å². The summed E-state index contributed by atoms with van der Waals surface area (Å²) in [6, 6.07) is -2.54. The van der Waals surface area contributed by atoms with E-state index in [0.717, 1.165) is 6.92 Å². The van der Waals surface area contributed by atoms with Crippen LogP contribution in [0, 0.1) is 0 Å². The molecule has 22 nitrogen and oxygen atoms in total. The molecule has 0 aromatic heterocycles. The smallest absolute Gasteiger partial charge is 0.217 e. The van der Waals surface area contributed by atoms with Gasteiger partial charge in [0.15, 0.2) is 18.9 Å². The fourth-order valence-electron chi connectivity index (χ4n) is 6.60. The maximum absolute atomic E-state index is 12.3. The number of aliphatic hydroxyl groups excluding tert-OH is 11. The third kappa shape index (κ3) is 9.13. The topological polar surface area (TPSA) is 345 Å². The summed E-state index contributed by atoms with van der Waals surface area (Å²) in [6.07, 6.45) is -29.4. The Morgan fingerprint density at radius 1 is 0.490 bits per heavy atom. The van der Waals surface area contributed by atoms with Crippen LogP contribution in [0.4, 0.5) is 0 Å². The van der Waals surface area contributed by atoms with Crippen LogP contribution in [0.3, 0.4) is 0 Å². The zero-order valence-electron chi connectivity index (χ0n) is 28.0. The van der Waals surface area contributed by atoms with Crippen LogP contribution in [0.5, 0.6) is 0 Å². The summed E-state index contributed by atoms with van der Waals surface area (Å²) < 4.78 is 39.8. The summed E-state index contributed by atoms with van der Waals surface area (Å²) in [5.74, 6) is -1.20. The lowest BCUT2D eigenvalue weighted by Crippen LogP contribution is -2.70. The zero-order valence-corrected chi connectivity index (χ0v) is 28.0. The van der Waals surface area contributed by atoms with Crippen LogP contribution in [-0.2, 0) is 42.7 Å². The first kappa shape index (κ1) is 42.0. The molecule has 4 heterocycles. The number of hydrogen-bond acceptors (Lipinski definition) is 20. The molecule has 4 rings (SSSR count). The number of amides is 2. The van der Waals surface area contributed by atoms with E-state index >= 15 is 0 Å². The van der Waals surface area contributed by atoms with Crippen LogP contribution >= 0.6 is 0 Å². The summed E-state index contributed by atoms with van der Waals surface area (Å²) in [7, 11) is 0. The van der Waals surface area contributed by atoms with E-state index in [4.69, 9.17) is 33.2 Å². The van der Waals surface area contributed by atoms with Crippen LogP contribution in [0.25, 0.3) is 0 Å². The summed E-state index contributed by atoms with van der Waals surface area (Å²) in [5.41, 5.74) is 0. The van der Waals surface area contributed by atoms with Gasteiger partial charge in [0.2, 0.25) is 11.8 Å². The minimum absolute atomic E-state index is 0.500. The Labute approximate surface area is 291 Å². The highest BCUT2D eigenvalue weighted by Crippen LogP contribution is 2.34. The highest BCUT2D eigenvalue weighted by molar-refractivity contribution is 5.73. The van der Waals surface area contributed by atoms with Gasteiger partial charge in [0.05, 0.1) is 38.6 Å². The van der Waals surface area contributed by atoms with Crippen molar-refractivity contribution in [3.8, 4) is 0 Å². The van der Waals surface area contributed by atoms with Crippen LogP contribution in [0.2, 0.25) is 0 Å². The van der Waals surface area contributed by atoms with E-state index in [1.165, 1.54) is 6.92 Å². The molecule has 51 heavy (non-hydrogen) atoms. The lowest BCUT2D eigenvalue weighted by Gasteiger charge is -2.50. The SMILES string of the molecule is CC(=O)NC1[C@H](O[C@H]2C(CO)O[C@@H](C)C(NC(C)=O)[C@H]2O)OC(CO)[C@H](O[C@@H]2OC(CO)[C@H](O)[C@H](O[C@@H]3O[C@H](CO)[C@H](O)C(O)C3O)C2O)[C@@H]1O. The van der Waals surface area contributed by atoms with E-state index in [-0.39, 0.29) is 0 Å². The normalized spacial score (nSPS) is 47.8. The molecule has 0 aliphatic carbocycles. The Bertz CT molecular complexity index is 1140. The number of rotatable bonds is 12. The van der Waals surface area contributed by atoms with E-state index in [1.807, 2.05) is 0 Å². The van der Waals surface area contributed by atoms with Gasteiger partial charge >= 0.3 is 0 Å². The molecule has 0 saturated carbocycles. The van der Waals surface area contributed by atoms with Crippen LogP contribution < -0.4 is 10.6 Å². The number of aliphatic hydroxyl groups is 11. The first-order valence-corrected chi connectivity index (χ1v) is 16.4. The zero-order chi connectivity index (χ0) is 37.9. The molecule has 4 aliphatic rings. The van der Waals surface area contributed by atoms with Gasteiger partial charge in [0, 0.05) is 13.8 Å². The second-order valence-electron chi connectivity index (χ2n) is 12.9. The monoisotopic (exact) mass is 746 g/mol. The van der Waals surface area contributed by atoms with E-state index in [2.05, 4.69) is 10.6 Å². The fourth-order valence-corrected chi connectivity index (χ4v) is 6.60. The lowest BCUT2D eigenvalue weighted by atomic mass is 9.92. The molecule has 2 amide bonds. The molecular formula is C29H50N2O20. The van der Waals surface area contributed by atoms with Crippen LogP contribution in [-0.4, -0.2) is 217 Å². The highest BCUT2D eigenvalue weighted by atomic mass is 16.8. The van der Waals surface area contributed by atoms with Crippen molar-refractivity contribution in [1.82, 2.24) is 10.6 Å². The molecule has 0 aromatic rings. The molecule has 0 spiro atoms. The largest absolute Gasteiger partial charge is 0.394 e. The van der Waals surface area contributed by atoms with E-state index in [9.17, 15) is 65.8 Å². The second kappa shape index (κ2) is 18.0. The number of hydrogen-bond donors (Lipinski definition) is 13. The first-order valence-electron chi connectivity index (χ1n) is 16.4. The molecule has 0 bridgehead atoms. The maximum atomic E-state index is 12.3. The second-order valence-corrected chi connectivity index (χ2v) is 12.9. The fraction of sp³-hybridized carbons (Fsp3) is 0.931. The van der Waals surface area contributed by atoms with Gasteiger partial charge < -0.3 is 100.0 Å². The molecule has 296 valence electrons. The predicted molar refractivity (Wildman–Crippen MR) is 161 cm³/mol. The number of carbonyl (C=O) groups excluding carboxylic acids is 2. The van der Waals surface area contributed by atoms with Gasteiger partial charge in [-0.25, -0.2) is 0 Å². The van der Waals surface area contributed by atoms with E-state index < -0.39 is 161 Å². The summed E-state index contributed by atoms with van der Waals surface area (Å²) >= 11 is 0. The Hall–Kier alpha value is -1.78. The van der Waals surface area contributed by atoms with E-state index in [0.29, 0.717) is 0 Å². The van der Waals surface area contributed by atoms with Crippen molar-refractivity contribution in [3.05, 3.63) is 0 Å². The van der Waals surface area contributed by atoms with Gasteiger partial charge in [0.25, 0.3) is 0 Å². The molecule has 4 aliphatic heterocycles. The van der Waals surface area contributed by atoms with Gasteiger partial charge in [-0.2, -0.15) is 0 Å². The molecule has 4 fully saturated rings. The molecule has 0 radical (unpaired) electrons. The third-order valence-electron chi connectivity index (χ3n) is 9.28. The Kier molecular flexibility index (Phi) is 14.8. The molecule has 22 heteroatoms. The van der Waals surface area contributed by atoms with E-state index in [1.54, 1.807) is 6.92 Å². The van der Waals surface area contributed by atoms with Gasteiger partial charge in [-0.15, -0.1) is 0 Å². The van der Waals surface area contributed by atoms with Crippen molar-refractivity contribution in [1.29, 1.82) is 0 Å². The van der Waals surface area contributed by atoms with Crippen molar-refractivity contribution in [2.75, 3.05) is 26.4 Å². The van der Waals surface area contributed by atoms with Crippen molar-refractivity contribution in [3.63, 3.8) is 0 Å². The first-order chi connectivity index (χ1) is 24.1. The summed E-state index contributed by atoms with van der Waals surface area (Å²) in [6.45, 7) is 0.642. The summed E-state index contributed by atoms with van der Waals surface area (Å²) in [4.78, 5) is 24.0. The number of nitrogens with one attached hydrogen (secondary N) is 2. The maximum Gasteiger partial charge on any atom is 0.217 e. The molecule has 13 N–H and O–H groups in total. The van der Waals surface area contributed by atoms with Gasteiger partial charge in [-0.3, -0.25) is 9.59 Å². The molecular weight excluding hydrogens is 696 g/mol. The van der Waals surface area contributed by atoms with Crippen LogP contribution in [0.15, 0.2) is 0 Å². The average Bonchev–Trinajstić information content (AvgIpc) is 3.09. The average molecular weight is 747 g/mol. The number of carbonyl (C=O) groups is 2. The van der Waals surface area contributed by atoms with Crippen LogP contribution in [0.1, 0.15) is 20.8 Å². The quantitative estimate of drug-likeness (QED) is 0.0881. The summed E-state index contributed by atoms with van der Waals surface area (Å²) in [5, 5.41) is 120. The minimum atomic E-state index is -2.01. The van der Waals surface area contributed by atoms with Crippen molar-refractivity contribution in [2.24, 2.45) is 0 Å². The minimum Gasteiger partial charge on any atom is -0.394 e. The third-order valence-corrected chi connectivity index (χ3v) is 9.28. The van der Waals surface area contributed by atoms with Crippen molar-refractivity contribution in [2.45, 2.75) is 143 Å². The standard InChI is InChI=1S/C29H50N2O20/c1-8-15(30-9(2)36)19(40)24(13(6-34)45-8)49-27-16(31-10(3)37)20(41)25(14(7-35)48-27)50-29-23(44)26(18(39)12(5-33)47-29)51-28-22(43)21(42)17(38)11(4-32)46-28/h8,11-29,32-35,38-44H,4-7H2,1-3H3,(H,30,36)(H,31,37)/t8-,11+,12?,13?,14?,15?,16?,17-,18-,19+,20+,21?,22?,23?,24-,25-,26-,27-,28-,29-/m0/s1. The predicted octanol–water partition coefficient (Wildman–Crippen LogP) is -8.39. The molecule has 8 unspecified atom stereocenters. The number of ether oxygens (including phenoxy) is 7. The lowest BCUT2D eigenvalue weighted by molar-refractivity contribution is -0.378. The molecule has 20 atom stereocenters. The van der Waals surface area contributed by atoms with Gasteiger partial charge in [-0.1, -0.05) is 0 Å². The van der Waals surface area contributed by atoms with Crippen molar-refractivity contribution >= 4 is 11.8 Å². The highest BCUT2D eigenvalue weighted by Gasteiger charge is 2.55. The Morgan fingerprint density at radius 3 is 1.43 bits per heavy atom. The molecule has 4 saturated heterocycles. The van der Waals surface area contributed by atoms with Crippen molar-refractivity contribution < 1.29 is 98.9 Å². The molecule has 0 aromatic carbocycles. The van der Waals surface area contributed by atoms with Gasteiger partial charge in [-0.05, 0) is 6.92 Å². The Balaban J connectivity index is 1.56.